The average Bonchev–Trinajstić information content (AvgIpc) is 3.47. The lowest BCUT2D eigenvalue weighted by Crippen LogP contribution is -2.37. The van der Waals surface area contributed by atoms with Gasteiger partial charge in [0.1, 0.15) is 0 Å². The summed E-state index contributed by atoms with van der Waals surface area (Å²) < 4.78 is 2.22. The molecule has 2 aromatic carbocycles. The Labute approximate surface area is 191 Å². The van der Waals surface area contributed by atoms with Crippen LogP contribution in [0.25, 0.3) is 11.4 Å². The number of rotatable bonds is 5. The van der Waals surface area contributed by atoms with E-state index in [9.17, 15) is 4.79 Å². The van der Waals surface area contributed by atoms with Crippen molar-refractivity contribution in [3.8, 4) is 11.4 Å². The van der Waals surface area contributed by atoms with Gasteiger partial charge >= 0.3 is 0 Å². The van der Waals surface area contributed by atoms with Crippen molar-refractivity contribution in [2.45, 2.75) is 49.8 Å². The first-order valence-electron chi connectivity index (χ1n) is 10.9. The molecule has 1 amide bonds. The largest absolute Gasteiger partial charge is 0.337 e. The molecule has 1 aromatic heterocycles. The zero-order chi connectivity index (χ0) is 21.2. The highest BCUT2D eigenvalue weighted by Gasteiger charge is 2.27. The highest BCUT2D eigenvalue weighted by atomic mass is 35.5. The van der Waals surface area contributed by atoms with Gasteiger partial charge in [-0.2, -0.15) is 0 Å². The first-order chi connectivity index (χ1) is 15.2. The van der Waals surface area contributed by atoms with E-state index in [0.717, 1.165) is 42.4 Å². The molecule has 5 nitrogen and oxygen atoms in total. The molecule has 0 spiro atoms. The Morgan fingerprint density at radius 2 is 1.77 bits per heavy atom. The van der Waals surface area contributed by atoms with Gasteiger partial charge < -0.3 is 4.90 Å². The van der Waals surface area contributed by atoms with Crippen LogP contribution in [0.15, 0.2) is 53.7 Å². The standard InChI is InChI=1S/C24H25ClN4OS/c25-21-12-6-5-11-20(21)23-26-27-24(29(23)19-9-3-4-10-19)31-16-22(30)28-14-13-17-7-1-2-8-18(17)15-28/h1-2,5-8,11-12,19H,3-4,9-10,13-16H2. The van der Waals surface area contributed by atoms with E-state index in [1.54, 1.807) is 0 Å². The molecular weight excluding hydrogens is 428 g/mol. The lowest BCUT2D eigenvalue weighted by atomic mass is 10.00. The van der Waals surface area contributed by atoms with E-state index in [0.29, 0.717) is 23.4 Å². The van der Waals surface area contributed by atoms with Crippen molar-refractivity contribution in [3.05, 3.63) is 64.7 Å². The second-order valence-electron chi connectivity index (χ2n) is 8.22. The molecule has 1 fully saturated rings. The van der Waals surface area contributed by atoms with Gasteiger partial charge in [0, 0.05) is 24.7 Å². The molecule has 1 aliphatic heterocycles. The fourth-order valence-corrected chi connectivity index (χ4v) is 5.75. The van der Waals surface area contributed by atoms with E-state index in [-0.39, 0.29) is 5.91 Å². The van der Waals surface area contributed by atoms with Gasteiger partial charge in [-0.15, -0.1) is 10.2 Å². The highest BCUT2D eigenvalue weighted by molar-refractivity contribution is 7.99. The van der Waals surface area contributed by atoms with Crippen molar-refractivity contribution in [1.29, 1.82) is 0 Å². The Hall–Kier alpha value is -2.31. The van der Waals surface area contributed by atoms with Crippen LogP contribution in [-0.2, 0) is 17.8 Å². The number of nitrogens with zero attached hydrogens (tertiary/aromatic N) is 4. The molecule has 7 heteroatoms. The maximum absolute atomic E-state index is 13.0. The number of carbonyl (C=O) groups excluding carboxylic acids is 1. The second kappa shape index (κ2) is 9.05. The van der Waals surface area contributed by atoms with Crippen LogP contribution in [0.3, 0.4) is 0 Å². The Bertz CT molecular complexity index is 1090. The molecule has 2 heterocycles. The number of halogens is 1. The van der Waals surface area contributed by atoms with E-state index >= 15 is 0 Å². The Kier molecular flexibility index (Phi) is 6.01. The third-order valence-electron chi connectivity index (χ3n) is 6.28. The van der Waals surface area contributed by atoms with Crippen LogP contribution in [0.5, 0.6) is 0 Å². The number of hydrogen-bond donors (Lipinski definition) is 0. The number of benzene rings is 2. The molecule has 3 aromatic rings. The number of thioether (sulfide) groups is 1. The molecule has 31 heavy (non-hydrogen) atoms. The summed E-state index contributed by atoms with van der Waals surface area (Å²) in [6, 6.07) is 16.5. The molecule has 2 aliphatic rings. The molecule has 0 radical (unpaired) electrons. The van der Waals surface area contributed by atoms with Gasteiger partial charge in [-0.25, -0.2) is 0 Å². The van der Waals surface area contributed by atoms with E-state index in [1.807, 2.05) is 35.2 Å². The maximum atomic E-state index is 13.0. The summed E-state index contributed by atoms with van der Waals surface area (Å²) in [7, 11) is 0. The van der Waals surface area contributed by atoms with Crippen molar-refractivity contribution >= 4 is 29.3 Å². The predicted octanol–water partition coefficient (Wildman–Crippen LogP) is 5.39. The van der Waals surface area contributed by atoms with Gasteiger partial charge in [-0.05, 0) is 42.5 Å². The summed E-state index contributed by atoms with van der Waals surface area (Å²) in [5, 5.41) is 10.5. The van der Waals surface area contributed by atoms with Crippen LogP contribution in [0, 0.1) is 0 Å². The summed E-state index contributed by atoms with van der Waals surface area (Å²) in [5.74, 6) is 1.33. The molecule has 0 N–H and O–H groups in total. The minimum atomic E-state index is 0.153. The topological polar surface area (TPSA) is 51.0 Å². The van der Waals surface area contributed by atoms with Crippen LogP contribution in [0.1, 0.15) is 42.9 Å². The lowest BCUT2D eigenvalue weighted by molar-refractivity contribution is -0.129. The summed E-state index contributed by atoms with van der Waals surface area (Å²) >= 11 is 7.96. The Morgan fingerprint density at radius 3 is 2.58 bits per heavy atom. The smallest absolute Gasteiger partial charge is 0.233 e. The minimum absolute atomic E-state index is 0.153. The van der Waals surface area contributed by atoms with Crippen molar-refractivity contribution in [3.63, 3.8) is 0 Å². The van der Waals surface area contributed by atoms with Gasteiger partial charge in [0.15, 0.2) is 11.0 Å². The molecule has 0 saturated heterocycles. The van der Waals surface area contributed by atoms with Gasteiger partial charge in [0.25, 0.3) is 0 Å². The molecule has 5 rings (SSSR count). The lowest BCUT2D eigenvalue weighted by Gasteiger charge is -2.28. The third-order valence-corrected chi connectivity index (χ3v) is 7.53. The van der Waals surface area contributed by atoms with Gasteiger partial charge in [-0.1, -0.05) is 72.6 Å². The number of fused-ring (bicyclic) bond motifs is 1. The van der Waals surface area contributed by atoms with Gasteiger partial charge in [0.05, 0.1) is 10.8 Å². The van der Waals surface area contributed by atoms with Crippen LogP contribution < -0.4 is 0 Å². The molecular formula is C24H25ClN4OS. The number of hydrogen-bond acceptors (Lipinski definition) is 4. The fourth-order valence-electron chi connectivity index (χ4n) is 4.62. The number of aromatic nitrogens is 3. The molecule has 0 unspecified atom stereocenters. The summed E-state index contributed by atoms with van der Waals surface area (Å²) in [6.45, 7) is 1.46. The predicted molar refractivity (Wildman–Crippen MR) is 124 cm³/mol. The summed E-state index contributed by atoms with van der Waals surface area (Å²) in [4.78, 5) is 14.9. The average molecular weight is 453 g/mol. The van der Waals surface area contributed by atoms with Crippen LogP contribution >= 0.6 is 23.4 Å². The first kappa shape index (κ1) is 20.6. The zero-order valence-corrected chi connectivity index (χ0v) is 18.9. The van der Waals surface area contributed by atoms with Crippen LogP contribution in [0.4, 0.5) is 0 Å². The molecule has 1 aliphatic carbocycles. The van der Waals surface area contributed by atoms with E-state index in [4.69, 9.17) is 11.6 Å². The quantitative estimate of drug-likeness (QED) is 0.487. The molecule has 160 valence electrons. The monoisotopic (exact) mass is 452 g/mol. The van der Waals surface area contributed by atoms with Crippen molar-refractivity contribution in [2.75, 3.05) is 12.3 Å². The first-order valence-corrected chi connectivity index (χ1v) is 12.2. The third kappa shape index (κ3) is 4.23. The zero-order valence-electron chi connectivity index (χ0n) is 17.3. The molecule has 1 saturated carbocycles. The van der Waals surface area contributed by atoms with Gasteiger partial charge in [0.2, 0.25) is 5.91 Å². The Balaban J connectivity index is 1.35. The molecule has 0 atom stereocenters. The van der Waals surface area contributed by atoms with Crippen molar-refractivity contribution in [1.82, 2.24) is 19.7 Å². The van der Waals surface area contributed by atoms with E-state index in [1.165, 1.54) is 35.7 Å². The summed E-state index contributed by atoms with van der Waals surface area (Å²) in [5.41, 5.74) is 3.50. The van der Waals surface area contributed by atoms with Gasteiger partial charge in [-0.3, -0.25) is 9.36 Å². The van der Waals surface area contributed by atoms with Crippen LogP contribution in [-0.4, -0.2) is 37.9 Å². The minimum Gasteiger partial charge on any atom is -0.337 e. The number of amides is 1. The maximum Gasteiger partial charge on any atom is 0.233 e. The summed E-state index contributed by atoms with van der Waals surface area (Å²) in [6.07, 6.45) is 5.56. The SMILES string of the molecule is O=C(CSc1nnc(-c2ccccc2Cl)n1C1CCCC1)N1CCc2ccccc2C1. The highest BCUT2D eigenvalue weighted by Crippen LogP contribution is 2.38. The normalized spacial score (nSPS) is 16.5. The second-order valence-corrected chi connectivity index (χ2v) is 9.57. The van der Waals surface area contributed by atoms with E-state index in [2.05, 4.69) is 33.0 Å². The number of carbonyl (C=O) groups is 1. The van der Waals surface area contributed by atoms with Crippen molar-refractivity contribution < 1.29 is 4.79 Å². The molecule has 0 bridgehead atoms. The fraction of sp³-hybridized carbons (Fsp3) is 0.375. The van der Waals surface area contributed by atoms with Crippen LogP contribution in [0.2, 0.25) is 5.02 Å². The van der Waals surface area contributed by atoms with E-state index < -0.39 is 0 Å². The Morgan fingerprint density at radius 1 is 1.03 bits per heavy atom. The van der Waals surface area contributed by atoms with Crippen molar-refractivity contribution in [2.24, 2.45) is 0 Å².